The molecule has 1 saturated heterocycles. The molecule has 1 aliphatic rings. The van der Waals surface area contributed by atoms with Gasteiger partial charge in [-0.2, -0.15) is 4.98 Å². The van der Waals surface area contributed by atoms with Gasteiger partial charge in [0, 0.05) is 29.7 Å². The Balaban J connectivity index is 1.35. The van der Waals surface area contributed by atoms with Gasteiger partial charge in [0.05, 0.1) is 19.8 Å². The predicted octanol–water partition coefficient (Wildman–Crippen LogP) is 4.37. The molecule has 10 heteroatoms. The Kier molecular flexibility index (Phi) is 6.69. The van der Waals surface area contributed by atoms with Crippen LogP contribution in [0.2, 0.25) is 10.2 Å². The average molecular weight is 464 g/mol. The highest BCUT2D eigenvalue weighted by Gasteiger charge is 2.15. The fourth-order valence-electron chi connectivity index (χ4n) is 2.97. The number of benzene rings is 1. The fraction of sp³-hybridized carbons (Fsp3) is 0.250. The van der Waals surface area contributed by atoms with Crippen LogP contribution in [0.25, 0.3) is 11.3 Å². The predicted molar refractivity (Wildman–Crippen MR) is 122 cm³/mol. The van der Waals surface area contributed by atoms with Gasteiger partial charge in [-0.1, -0.05) is 23.2 Å². The number of anilines is 2. The van der Waals surface area contributed by atoms with Gasteiger partial charge in [-0.3, -0.25) is 0 Å². The lowest BCUT2D eigenvalue weighted by Crippen LogP contribution is -2.37. The number of nitrogens with one attached hydrogen (secondary N) is 2. The molecule has 2 N–H and O–H groups in total. The molecule has 0 atom stereocenters. The molecule has 2 aromatic heterocycles. The summed E-state index contributed by atoms with van der Waals surface area (Å²) in [5, 5.41) is 7.46. The summed E-state index contributed by atoms with van der Waals surface area (Å²) in [6.45, 7) is 3.24. The number of halogens is 2. The van der Waals surface area contributed by atoms with E-state index in [2.05, 4.69) is 25.5 Å². The topological polar surface area (TPSA) is 75.5 Å². The van der Waals surface area contributed by atoms with Crippen molar-refractivity contribution < 1.29 is 9.15 Å². The molecule has 30 heavy (non-hydrogen) atoms. The summed E-state index contributed by atoms with van der Waals surface area (Å²) < 4.78 is 11.2. The highest BCUT2D eigenvalue weighted by atomic mass is 35.5. The van der Waals surface area contributed by atoms with Crippen LogP contribution in [-0.2, 0) is 11.3 Å². The number of furan rings is 1. The van der Waals surface area contributed by atoms with E-state index in [1.807, 2.05) is 36.4 Å². The maximum Gasteiger partial charge on any atom is 0.232 e. The quantitative estimate of drug-likeness (QED) is 0.426. The maximum atomic E-state index is 6.16. The highest BCUT2D eigenvalue weighted by molar-refractivity contribution is 7.80. The zero-order valence-electron chi connectivity index (χ0n) is 15.9. The number of ether oxygens (including phenoxy) is 1. The van der Waals surface area contributed by atoms with Crippen molar-refractivity contribution in [3.63, 3.8) is 0 Å². The number of hydrogen-bond acceptors (Lipinski definition) is 6. The Morgan fingerprint density at radius 1 is 1.07 bits per heavy atom. The third-order valence-corrected chi connectivity index (χ3v) is 5.15. The molecule has 0 amide bonds. The summed E-state index contributed by atoms with van der Waals surface area (Å²) in [5.41, 5.74) is 0.953. The molecular formula is C20H19Cl2N5O2S. The molecule has 156 valence electrons. The smallest absolute Gasteiger partial charge is 0.232 e. The average Bonchev–Trinajstić information content (AvgIpc) is 3.22. The normalized spacial score (nSPS) is 13.9. The van der Waals surface area contributed by atoms with Crippen molar-refractivity contribution in [2.75, 3.05) is 36.5 Å². The minimum absolute atomic E-state index is 0.336. The minimum Gasteiger partial charge on any atom is -0.459 e. The van der Waals surface area contributed by atoms with Gasteiger partial charge in [0.25, 0.3) is 0 Å². The van der Waals surface area contributed by atoms with Crippen molar-refractivity contribution in [3.05, 3.63) is 58.4 Å². The number of aromatic nitrogens is 2. The molecule has 0 unspecified atom stereocenters. The molecule has 7 nitrogen and oxygen atoms in total. The third-order valence-electron chi connectivity index (χ3n) is 4.46. The number of hydrogen-bond donors (Lipinski definition) is 2. The molecule has 1 aliphatic heterocycles. The van der Waals surface area contributed by atoms with E-state index in [1.165, 1.54) is 0 Å². The van der Waals surface area contributed by atoms with E-state index in [-0.39, 0.29) is 0 Å². The van der Waals surface area contributed by atoms with Crippen LogP contribution in [0.1, 0.15) is 5.76 Å². The van der Waals surface area contributed by atoms with Crippen LogP contribution < -0.4 is 15.5 Å². The van der Waals surface area contributed by atoms with Crippen molar-refractivity contribution in [2.45, 2.75) is 6.54 Å². The molecule has 0 saturated carbocycles. The Bertz CT molecular complexity index is 1020. The zero-order chi connectivity index (χ0) is 20.9. The first-order valence-corrected chi connectivity index (χ1v) is 10.5. The molecule has 0 radical (unpaired) electrons. The van der Waals surface area contributed by atoms with Gasteiger partial charge in [0.2, 0.25) is 5.95 Å². The van der Waals surface area contributed by atoms with Gasteiger partial charge >= 0.3 is 0 Å². The van der Waals surface area contributed by atoms with E-state index in [0.717, 1.165) is 36.0 Å². The summed E-state index contributed by atoms with van der Waals surface area (Å²) in [6, 6.07) is 13.0. The molecule has 3 aromatic rings. The van der Waals surface area contributed by atoms with E-state index < -0.39 is 0 Å². The fourth-order valence-corrected chi connectivity index (χ4v) is 3.44. The molecule has 1 fully saturated rings. The maximum absolute atomic E-state index is 6.16. The molecule has 3 heterocycles. The monoisotopic (exact) mass is 463 g/mol. The second-order valence-electron chi connectivity index (χ2n) is 6.55. The van der Waals surface area contributed by atoms with Gasteiger partial charge in [-0.05, 0) is 48.6 Å². The second-order valence-corrected chi connectivity index (χ2v) is 7.78. The van der Waals surface area contributed by atoms with Crippen LogP contribution in [-0.4, -0.2) is 41.4 Å². The lowest BCUT2D eigenvalue weighted by molar-refractivity contribution is 0.122. The first kappa shape index (κ1) is 20.9. The van der Waals surface area contributed by atoms with E-state index in [1.54, 1.807) is 6.07 Å². The Morgan fingerprint density at radius 3 is 2.60 bits per heavy atom. The van der Waals surface area contributed by atoms with Gasteiger partial charge in [-0.25, -0.2) is 4.98 Å². The SMILES string of the molecule is S=C(NCc1ccc(-c2ccc(Cl)cc2)o1)Nc1nc(Cl)cc(N2CCOCC2)n1. The number of thiocarbonyl (C=S) groups is 1. The van der Waals surface area contributed by atoms with Crippen molar-refractivity contribution in [1.82, 2.24) is 15.3 Å². The first-order chi connectivity index (χ1) is 14.6. The van der Waals surface area contributed by atoms with Crippen LogP contribution in [0.5, 0.6) is 0 Å². The van der Waals surface area contributed by atoms with Crippen LogP contribution in [0.15, 0.2) is 46.9 Å². The molecule has 0 aliphatic carbocycles. The van der Waals surface area contributed by atoms with Crippen molar-refractivity contribution >= 4 is 52.3 Å². The number of morpholine rings is 1. The van der Waals surface area contributed by atoms with E-state index in [9.17, 15) is 0 Å². The van der Waals surface area contributed by atoms with E-state index in [0.29, 0.717) is 41.0 Å². The minimum atomic E-state index is 0.336. The summed E-state index contributed by atoms with van der Waals surface area (Å²) in [6.07, 6.45) is 0. The number of nitrogens with zero attached hydrogens (tertiary/aromatic N) is 3. The molecule has 4 rings (SSSR count). The zero-order valence-corrected chi connectivity index (χ0v) is 18.2. The molecule has 0 spiro atoms. The Labute approximate surface area is 189 Å². The first-order valence-electron chi connectivity index (χ1n) is 9.33. The van der Waals surface area contributed by atoms with Gasteiger partial charge < -0.3 is 24.7 Å². The van der Waals surface area contributed by atoms with Crippen molar-refractivity contribution in [2.24, 2.45) is 0 Å². The van der Waals surface area contributed by atoms with Crippen LogP contribution >= 0.6 is 35.4 Å². The summed E-state index contributed by atoms with van der Waals surface area (Å²) >= 11 is 17.4. The van der Waals surface area contributed by atoms with E-state index in [4.69, 9.17) is 44.6 Å². The Morgan fingerprint density at radius 2 is 1.83 bits per heavy atom. The van der Waals surface area contributed by atoms with Crippen LogP contribution in [0.3, 0.4) is 0 Å². The summed E-state index contributed by atoms with van der Waals surface area (Å²) in [7, 11) is 0. The van der Waals surface area contributed by atoms with Crippen molar-refractivity contribution in [1.29, 1.82) is 0 Å². The van der Waals surface area contributed by atoms with Gasteiger partial charge in [0.15, 0.2) is 5.11 Å². The standard InChI is InChI=1S/C20H19Cl2N5O2S/c21-14-3-1-13(2-4-14)16-6-5-15(29-16)12-23-20(30)26-19-24-17(22)11-18(25-19)27-7-9-28-10-8-27/h1-6,11H,7-10,12H2,(H2,23,24,25,26,30). The highest BCUT2D eigenvalue weighted by Crippen LogP contribution is 2.24. The lowest BCUT2D eigenvalue weighted by atomic mass is 10.2. The van der Waals surface area contributed by atoms with Crippen LogP contribution in [0.4, 0.5) is 11.8 Å². The summed E-state index contributed by atoms with van der Waals surface area (Å²) in [5.74, 6) is 2.57. The van der Waals surface area contributed by atoms with Crippen molar-refractivity contribution in [3.8, 4) is 11.3 Å². The number of rotatable bonds is 5. The summed E-state index contributed by atoms with van der Waals surface area (Å²) in [4.78, 5) is 10.8. The molecular weight excluding hydrogens is 445 g/mol. The molecule has 1 aromatic carbocycles. The third kappa shape index (κ3) is 5.40. The lowest BCUT2D eigenvalue weighted by Gasteiger charge is -2.28. The second kappa shape index (κ2) is 9.61. The Hall–Kier alpha value is -2.39. The van der Waals surface area contributed by atoms with E-state index >= 15 is 0 Å². The van der Waals surface area contributed by atoms with Gasteiger partial charge in [0.1, 0.15) is 22.5 Å². The molecule has 0 bridgehead atoms. The largest absolute Gasteiger partial charge is 0.459 e. The van der Waals surface area contributed by atoms with Crippen LogP contribution in [0, 0.1) is 0 Å². The van der Waals surface area contributed by atoms with Gasteiger partial charge in [-0.15, -0.1) is 0 Å².